The Kier molecular flexibility index (Phi) is 9.70. The molecule has 2 aromatic rings. The molecule has 0 aromatic heterocycles. The van der Waals surface area contributed by atoms with Crippen LogP contribution in [0.5, 0.6) is 0 Å². The molecule has 0 aliphatic carbocycles. The Morgan fingerprint density at radius 1 is 1.03 bits per heavy atom. The van der Waals surface area contributed by atoms with E-state index in [0.717, 1.165) is 16.6 Å². The molecule has 0 fully saturated rings. The van der Waals surface area contributed by atoms with Crippen molar-refractivity contribution >= 4 is 29.7 Å². The minimum Gasteiger partial charge on any atom is -0.444 e. The molecular weight excluding hydrogens is 428 g/mol. The predicted octanol–water partition coefficient (Wildman–Crippen LogP) is 1.71. The highest BCUT2D eigenvalue weighted by atomic mass is 32.2. The van der Waals surface area contributed by atoms with E-state index in [9.17, 15) is 14.4 Å². The molecule has 0 aliphatic rings. The number of nitrogens with one attached hydrogen (secondary N) is 2. The molecule has 0 aliphatic heterocycles. The lowest BCUT2D eigenvalue weighted by Gasteiger charge is -2.22. The number of benzene rings is 2. The maximum absolute atomic E-state index is 12.7. The number of primary amides is 1. The first-order chi connectivity index (χ1) is 15.2. The molecule has 32 heavy (non-hydrogen) atoms. The fraction of sp³-hybridized carbons (Fsp3) is 0.348. The van der Waals surface area contributed by atoms with E-state index in [1.54, 1.807) is 45.0 Å². The number of carbonyl (C=O) groups excluding carboxylic acids is 3. The molecule has 0 saturated carbocycles. The fourth-order valence-electron chi connectivity index (χ4n) is 2.63. The SMILES string of the molecule is CC(C)(C)OC(=O)N[C@H](CSCc1ccccc1)C(=O)N[NH2+]C(=O)c1ccc(CN)cc1. The van der Waals surface area contributed by atoms with Gasteiger partial charge in [0.2, 0.25) is 0 Å². The summed E-state index contributed by atoms with van der Waals surface area (Å²) in [5, 5.41) is 2.60. The van der Waals surface area contributed by atoms with E-state index in [0.29, 0.717) is 23.6 Å². The molecule has 0 radical (unpaired) electrons. The minimum atomic E-state index is -0.873. The first-order valence-corrected chi connectivity index (χ1v) is 11.4. The van der Waals surface area contributed by atoms with Gasteiger partial charge in [0.25, 0.3) is 5.91 Å². The Labute approximate surface area is 192 Å². The predicted molar refractivity (Wildman–Crippen MR) is 124 cm³/mol. The Balaban J connectivity index is 1.96. The average Bonchev–Trinajstić information content (AvgIpc) is 2.76. The van der Waals surface area contributed by atoms with Gasteiger partial charge in [-0.25, -0.2) is 9.59 Å². The van der Waals surface area contributed by atoms with E-state index < -0.39 is 23.6 Å². The molecule has 0 saturated heterocycles. The van der Waals surface area contributed by atoms with Gasteiger partial charge >= 0.3 is 12.0 Å². The summed E-state index contributed by atoms with van der Waals surface area (Å²) in [7, 11) is 0. The number of rotatable bonds is 8. The summed E-state index contributed by atoms with van der Waals surface area (Å²) in [6, 6.07) is 15.8. The van der Waals surface area contributed by atoms with Crippen LogP contribution in [0.15, 0.2) is 54.6 Å². The standard InChI is InChI=1S/C23H30N4O4S/c1-23(2,3)31-22(30)25-19(15-32-14-17-7-5-4-6-8-17)21(29)27-26-20(28)18-11-9-16(13-24)10-12-18/h4-12,19H,13-15,24H2,1-3H3,(H,25,30)(H,26,28)(H,27,29)/p+1/t19-/m1/s1. The van der Waals surface area contributed by atoms with Gasteiger partial charge < -0.3 is 15.8 Å². The van der Waals surface area contributed by atoms with Crippen molar-refractivity contribution in [2.45, 2.75) is 44.7 Å². The second kappa shape index (κ2) is 12.2. The molecule has 2 rings (SSSR count). The molecule has 0 spiro atoms. The number of amides is 3. The van der Waals surface area contributed by atoms with Gasteiger partial charge in [0, 0.05) is 18.1 Å². The van der Waals surface area contributed by atoms with Crippen LogP contribution in [0.1, 0.15) is 42.3 Å². The summed E-state index contributed by atoms with van der Waals surface area (Å²) in [4.78, 5) is 37.3. The molecule has 9 heteroatoms. The van der Waals surface area contributed by atoms with Crippen molar-refractivity contribution in [2.75, 3.05) is 5.75 Å². The van der Waals surface area contributed by atoms with Gasteiger partial charge in [-0.05, 0) is 44.0 Å². The van der Waals surface area contributed by atoms with Crippen molar-refractivity contribution in [1.29, 1.82) is 0 Å². The van der Waals surface area contributed by atoms with Gasteiger partial charge in [0.15, 0.2) is 0 Å². The van der Waals surface area contributed by atoms with Gasteiger partial charge in [0.05, 0.1) is 5.56 Å². The molecule has 172 valence electrons. The largest absolute Gasteiger partial charge is 0.444 e. The molecular formula is C23H31N4O4S+. The number of ether oxygens (including phenoxy) is 1. The summed E-state index contributed by atoms with van der Waals surface area (Å²) in [6.07, 6.45) is -0.693. The Morgan fingerprint density at radius 3 is 2.28 bits per heavy atom. The van der Waals surface area contributed by atoms with Crippen molar-refractivity contribution < 1.29 is 24.5 Å². The zero-order chi connectivity index (χ0) is 23.6. The van der Waals surface area contributed by atoms with Crippen LogP contribution in [-0.2, 0) is 21.8 Å². The van der Waals surface area contributed by atoms with Crippen molar-refractivity contribution in [1.82, 2.24) is 10.7 Å². The van der Waals surface area contributed by atoms with Crippen LogP contribution in [0.25, 0.3) is 0 Å². The number of hydrogen-bond acceptors (Lipinski definition) is 6. The number of carbonyl (C=O) groups is 3. The van der Waals surface area contributed by atoms with E-state index in [4.69, 9.17) is 10.5 Å². The fourth-order valence-corrected chi connectivity index (χ4v) is 3.64. The Hall–Kier alpha value is -2.88. The van der Waals surface area contributed by atoms with Crippen LogP contribution in [0.4, 0.5) is 4.79 Å². The maximum Gasteiger partial charge on any atom is 0.408 e. The Morgan fingerprint density at radius 2 is 1.69 bits per heavy atom. The number of alkyl carbamates (subject to hydrolysis) is 1. The lowest BCUT2D eigenvalue weighted by molar-refractivity contribution is -0.603. The summed E-state index contributed by atoms with van der Waals surface area (Å²) in [6.45, 7) is 5.62. The summed E-state index contributed by atoms with van der Waals surface area (Å²) < 4.78 is 5.27. The van der Waals surface area contributed by atoms with Crippen LogP contribution in [-0.4, -0.2) is 35.3 Å². The topological polar surface area (TPSA) is 127 Å². The van der Waals surface area contributed by atoms with Crippen molar-refractivity contribution in [3.63, 3.8) is 0 Å². The normalized spacial score (nSPS) is 12.0. The minimum absolute atomic E-state index is 0.313. The van der Waals surface area contributed by atoms with E-state index in [1.165, 1.54) is 11.8 Å². The number of thioether (sulfide) groups is 1. The second-order valence-corrected chi connectivity index (χ2v) is 9.15. The van der Waals surface area contributed by atoms with E-state index in [1.807, 2.05) is 30.3 Å². The quantitative estimate of drug-likeness (QED) is 0.270. The van der Waals surface area contributed by atoms with Crippen LogP contribution in [0.2, 0.25) is 0 Å². The number of nitrogens with two attached hydrogens (primary N) is 2. The zero-order valence-electron chi connectivity index (χ0n) is 18.6. The van der Waals surface area contributed by atoms with Crippen LogP contribution in [0, 0.1) is 0 Å². The lowest BCUT2D eigenvalue weighted by Crippen LogP contribution is -2.98. The maximum atomic E-state index is 12.7. The zero-order valence-corrected chi connectivity index (χ0v) is 19.4. The number of quaternary nitrogens is 1. The summed E-state index contributed by atoms with van der Waals surface area (Å²) >= 11 is 1.50. The molecule has 0 unspecified atom stereocenters. The van der Waals surface area contributed by atoms with Gasteiger partial charge in [-0.2, -0.15) is 22.6 Å². The third-order valence-electron chi connectivity index (χ3n) is 4.22. The lowest BCUT2D eigenvalue weighted by atomic mass is 10.1. The summed E-state index contributed by atoms with van der Waals surface area (Å²) in [5.74, 6) is 0.141. The van der Waals surface area contributed by atoms with Gasteiger partial charge in [0.1, 0.15) is 11.6 Å². The monoisotopic (exact) mass is 459 g/mol. The molecule has 6 N–H and O–H groups in total. The van der Waals surface area contributed by atoms with E-state index >= 15 is 0 Å². The van der Waals surface area contributed by atoms with Gasteiger partial charge in [-0.3, -0.25) is 4.79 Å². The highest BCUT2D eigenvalue weighted by Gasteiger charge is 2.26. The molecule has 3 amide bonds. The molecule has 8 nitrogen and oxygen atoms in total. The first kappa shape index (κ1) is 25.4. The van der Waals surface area contributed by atoms with Crippen molar-refractivity contribution in [3.05, 3.63) is 71.3 Å². The molecule has 0 heterocycles. The average molecular weight is 460 g/mol. The van der Waals surface area contributed by atoms with Crippen molar-refractivity contribution in [3.8, 4) is 0 Å². The van der Waals surface area contributed by atoms with E-state index in [-0.39, 0.29) is 5.91 Å². The van der Waals surface area contributed by atoms with E-state index in [2.05, 4.69) is 10.7 Å². The van der Waals surface area contributed by atoms with Gasteiger partial charge in [-0.1, -0.05) is 42.5 Å². The summed E-state index contributed by atoms with van der Waals surface area (Å²) in [5.41, 5.74) is 10.9. The smallest absolute Gasteiger partial charge is 0.408 e. The molecule has 0 bridgehead atoms. The highest BCUT2D eigenvalue weighted by Crippen LogP contribution is 2.14. The Bertz CT molecular complexity index is 898. The second-order valence-electron chi connectivity index (χ2n) is 8.12. The third-order valence-corrected chi connectivity index (χ3v) is 5.33. The van der Waals surface area contributed by atoms with Crippen molar-refractivity contribution in [2.24, 2.45) is 5.73 Å². The molecule has 2 aromatic carbocycles. The van der Waals surface area contributed by atoms with Gasteiger partial charge in [-0.15, -0.1) is 0 Å². The number of hydrogen-bond donors (Lipinski definition) is 4. The van der Waals surface area contributed by atoms with Crippen LogP contribution < -0.4 is 21.9 Å². The van der Waals surface area contributed by atoms with Crippen LogP contribution in [0.3, 0.4) is 0 Å². The first-order valence-electron chi connectivity index (χ1n) is 10.3. The highest BCUT2D eigenvalue weighted by molar-refractivity contribution is 7.98. The molecule has 1 atom stereocenters. The van der Waals surface area contributed by atoms with Crippen LogP contribution >= 0.6 is 11.8 Å². The third kappa shape index (κ3) is 9.09.